The second-order valence-corrected chi connectivity index (χ2v) is 0.747. The standard InChI is InChI=1S/C3H6O2.Bi.H2O/c1-2-3(4)5;;/h2H2,1H3,(H,4,5);;1H2. The van der Waals surface area contributed by atoms with Crippen molar-refractivity contribution in [2.75, 3.05) is 0 Å². The molecule has 0 fully saturated rings. The van der Waals surface area contributed by atoms with E-state index in [0.717, 1.165) is 0 Å². The SMILES string of the molecule is CCC(=O)O.O.[Bi]. The second-order valence-electron chi connectivity index (χ2n) is 0.747. The summed E-state index contributed by atoms with van der Waals surface area (Å²) >= 11 is 0. The molecule has 0 spiro atoms. The maximum Gasteiger partial charge on any atom is 0.303 e. The molecule has 0 unspecified atom stereocenters. The fraction of sp³-hybridized carbons (Fsp3) is 0.667. The van der Waals surface area contributed by atoms with E-state index < -0.39 is 5.97 Å². The minimum absolute atomic E-state index is 0. The van der Waals surface area contributed by atoms with Gasteiger partial charge in [-0.3, -0.25) is 4.79 Å². The monoisotopic (exact) mass is 301 g/mol. The van der Waals surface area contributed by atoms with Crippen molar-refractivity contribution >= 4 is 32.2 Å². The van der Waals surface area contributed by atoms with E-state index in [1.807, 2.05) is 0 Å². The van der Waals surface area contributed by atoms with E-state index >= 15 is 0 Å². The number of rotatable bonds is 1. The topological polar surface area (TPSA) is 68.8 Å². The molecular weight excluding hydrogens is 293 g/mol. The number of carboxylic acids is 1. The average molecular weight is 301 g/mol. The minimum atomic E-state index is -0.745. The van der Waals surface area contributed by atoms with E-state index in [1.165, 1.54) is 0 Å². The molecule has 0 atom stereocenters. The first-order chi connectivity index (χ1) is 2.27. The Balaban J connectivity index is -0.0000000800. The summed E-state index contributed by atoms with van der Waals surface area (Å²) in [7, 11) is 0. The summed E-state index contributed by atoms with van der Waals surface area (Å²) in [4.78, 5) is 9.37. The van der Waals surface area contributed by atoms with Crippen LogP contribution in [-0.2, 0) is 4.79 Å². The van der Waals surface area contributed by atoms with Crippen LogP contribution in [0.2, 0.25) is 0 Å². The molecular formula is C3H8BiO3. The van der Waals surface area contributed by atoms with Gasteiger partial charge in [0.2, 0.25) is 0 Å². The number of aliphatic carboxylic acids is 1. The number of carbonyl (C=O) groups is 1. The number of carboxylic acid groups (broad SMARTS) is 1. The van der Waals surface area contributed by atoms with Gasteiger partial charge in [0.05, 0.1) is 0 Å². The molecule has 0 saturated heterocycles. The van der Waals surface area contributed by atoms with Crippen LogP contribution < -0.4 is 0 Å². The van der Waals surface area contributed by atoms with Crippen molar-refractivity contribution in [1.82, 2.24) is 0 Å². The minimum Gasteiger partial charge on any atom is -0.481 e. The fourth-order valence-corrected chi connectivity index (χ4v) is 0. The Morgan fingerprint density at radius 1 is 1.71 bits per heavy atom. The molecule has 0 aromatic rings. The molecule has 0 aromatic heterocycles. The number of hydrogen-bond donors (Lipinski definition) is 1. The van der Waals surface area contributed by atoms with Gasteiger partial charge in [0, 0.05) is 32.6 Å². The van der Waals surface area contributed by atoms with Crippen LogP contribution in [0.3, 0.4) is 0 Å². The van der Waals surface area contributed by atoms with Gasteiger partial charge in [-0.25, -0.2) is 0 Å². The zero-order valence-electron chi connectivity index (χ0n) is 4.01. The fourth-order valence-electron chi connectivity index (χ4n) is 0. The quantitative estimate of drug-likeness (QED) is 0.649. The van der Waals surface area contributed by atoms with Gasteiger partial charge in [-0.05, 0) is 0 Å². The molecule has 0 bridgehead atoms. The summed E-state index contributed by atoms with van der Waals surface area (Å²) in [6.45, 7) is 1.60. The molecule has 0 heterocycles. The Kier molecular flexibility index (Phi) is 21.4. The third-order valence-electron chi connectivity index (χ3n) is 0.302. The van der Waals surface area contributed by atoms with E-state index in [9.17, 15) is 4.79 Å². The van der Waals surface area contributed by atoms with Gasteiger partial charge in [-0.2, -0.15) is 0 Å². The molecule has 0 rings (SSSR count). The molecule has 0 saturated carbocycles. The van der Waals surface area contributed by atoms with Gasteiger partial charge in [-0.15, -0.1) is 0 Å². The molecule has 3 nitrogen and oxygen atoms in total. The van der Waals surface area contributed by atoms with E-state index in [4.69, 9.17) is 5.11 Å². The first-order valence-electron chi connectivity index (χ1n) is 1.49. The van der Waals surface area contributed by atoms with Crippen molar-refractivity contribution < 1.29 is 15.4 Å². The van der Waals surface area contributed by atoms with Crippen molar-refractivity contribution in [2.45, 2.75) is 13.3 Å². The first-order valence-corrected chi connectivity index (χ1v) is 1.49. The first kappa shape index (κ1) is 15.7. The number of hydrogen-bond acceptors (Lipinski definition) is 1. The summed E-state index contributed by atoms with van der Waals surface area (Å²) < 4.78 is 0. The smallest absolute Gasteiger partial charge is 0.303 e. The Labute approximate surface area is 61.2 Å². The summed E-state index contributed by atoms with van der Waals surface area (Å²) in [5, 5.41) is 7.72. The largest absolute Gasteiger partial charge is 0.481 e. The Hall–Kier alpha value is 0.313. The van der Waals surface area contributed by atoms with Crippen molar-refractivity contribution in [3.8, 4) is 0 Å². The third-order valence-corrected chi connectivity index (χ3v) is 0.302. The van der Waals surface area contributed by atoms with E-state index in [2.05, 4.69) is 0 Å². The van der Waals surface area contributed by atoms with Crippen LogP contribution in [0.5, 0.6) is 0 Å². The summed E-state index contributed by atoms with van der Waals surface area (Å²) in [5.41, 5.74) is 0. The van der Waals surface area contributed by atoms with Gasteiger partial charge >= 0.3 is 5.97 Å². The third kappa shape index (κ3) is 21.9. The van der Waals surface area contributed by atoms with Crippen LogP contribution in [0.1, 0.15) is 13.3 Å². The van der Waals surface area contributed by atoms with Crippen LogP contribution in [-0.4, -0.2) is 42.8 Å². The zero-order chi connectivity index (χ0) is 4.28. The summed E-state index contributed by atoms with van der Waals surface area (Å²) in [6.07, 6.45) is 0.222. The van der Waals surface area contributed by atoms with Crippen molar-refractivity contribution in [2.24, 2.45) is 0 Å². The molecule has 0 aliphatic rings. The molecule has 0 aliphatic heterocycles. The molecule has 43 valence electrons. The van der Waals surface area contributed by atoms with Crippen LogP contribution in [0.25, 0.3) is 0 Å². The van der Waals surface area contributed by atoms with Gasteiger partial charge in [0.1, 0.15) is 0 Å². The normalized spacial score (nSPS) is 5.29. The van der Waals surface area contributed by atoms with Gasteiger partial charge in [-0.1, -0.05) is 6.92 Å². The maximum absolute atomic E-state index is 9.37. The molecule has 0 aliphatic carbocycles. The predicted molar refractivity (Wildman–Crippen MR) is 27.3 cm³/mol. The summed E-state index contributed by atoms with van der Waals surface area (Å²) in [5.74, 6) is -0.745. The Morgan fingerprint density at radius 2 is 1.86 bits per heavy atom. The van der Waals surface area contributed by atoms with E-state index in [-0.39, 0.29) is 38.1 Å². The maximum atomic E-state index is 9.37. The van der Waals surface area contributed by atoms with Gasteiger partial charge in [0.15, 0.2) is 0 Å². The summed E-state index contributed by atoms with van der Waals surface area (Å²) in [6, 6.07) is 0. The zero-order valence-corrected chi connectivity index (χ0v) is 7.49. The molecule has 4 heteroatoms. The molecule has 3 N–H and O–H groups in total. The average Bonchev–Trinajstić information content (AvgIpc) is 1.38. The van der Waals surface area contributed by atoms with Crippen molar-refractivity contribution in [1.29, 1.82) is 0 Å². The van der Waals surface area contributed by atoms with Crippen LogP contribution in [0.15, 0.2) is 0 Å². The molecule has 0 aromatic carbocycles. The Morgan fingerprint density at radius 3 is 1.86 bits per heavy atom. The predicted octanol–water partition coefficient (Wildman–Crippen LogP) is -0.725. The van der Waals surface area contributed by atoms with Crippen LogP contribution in [0.4, 0.5) is 0 Å². The van der Waals surface area contributed by atoms with Crippen molar-refractivity contribution in [3.63, 3.8) is 0 Å². The molecule has 7 heavy (non-hydrogen) atoms. The molecule has 0 amide bonds. The van der Waals surface area contributed by atoms with Crippen LogP contribution >= 0.6 is 0 Å². The van der Waals surface area contributed by atoms with Gasteiger partial charge in [0.25, 0.3) is 0 Å². The van der Waals surface area contributed by atoms with Gasteiger partial charge < -0.3 is 10.6 Å². The van der Waals surface area contributed by atoms with Crippen molar-refractivity contribution in [3.05, 3.63) is 0 Å². The van der Waals surface area contributed by atoms with Crippen LogP contribution in [0, 0.1) is 0 Å². The van der Waals surface area contributed by atoms with E-state index in [1.54, 1.807) is 6.92 Å². The second kappa shape index (κ2) is 9.58. The van der Waals surface area contributed by atoms with E-state index in [0.29, 0.717) is 0 Å². The Bertz CT molecular complexity index is 45.4. The molecule has 3 radical (unpaired) electrons.